The Morgan fingerprint density at radius 1 is 1.29 bits per heavy atom. The van der Waals surface area contributed by atoms with E-state index in [9.17, 15) is 0 Å². The third-order valence-electron chi connectivity index (χ3n) is 3.52. The second kappa shape index (κ2) is 5.52. The number of nitrogens with one attached hydrogen (secondary N) is 1. The zero-order valence-electron chi connectivity index (χ0n) is 10.8. The first kappa shape index (κ1) is 12.4. The lowest BCUT2D eigenvalue weighted by Gasteiger charge is -2.18. The highest BCUT2D eigenvalue weighted by Gasteiger charge is 2.24. The molecule has 1 heterocycles. The van der Waals surface area contributed by atoms with Crippen molar-refractivity contribution in [2.24, 2.45) is 5.92 Å². The Morgan fingerprint density at radius 3 is 2.82 bits per heavy atom. The molecule has 1 fully saturated rings. The van der Waals surface area contributed by atoms with Crippen LogP contribution in [0.1, 0.15) is 25.5 Å². The first-order chi connectivity index (χ1) is 8.22. The summed E-state index contributed by atoms with van der Waals surface area (Å²) in [6.07, 6.45) is 0.0820. The van der Waals surface area contributed by atoms with Crippen molar-refractivity contribution in [3.8, 4) is 5.75 Å². The average Bonchev–Trinajstić information content (AvgIpc) is 2.53. The number of hydrogen-bond acceptors (Lipinski definition) is 3. The van der Waals surface area contributed by atoms with Crippen molar-refractivity contribution in [3.05, 3.63) is 29.8 Å². The number of ether oxygens (including phenoxy) is 2. The first-order valence-electron chi connectivity index (χ1n) is 6.20. The number of para-hydroxylation sites is 1. The highest BCUT2D eigenvalue weighted by Crippen LogP contribution is 2.29. The van der Waals surface area contributed by atoms with Crippen LogP contribution in [0, 0.1) is 5.92 Å². The molecule has 0 aromatic heterocycles. The summed E-state index contributed by atoms with van der Waals surface area (Å²) in [6.45, 7) is 6.05. The van der Waals surface area contributed by atoms with E-state index in [-0.39, 0.29) is 6.10 Å². The minimum Gasteiger partial charge on any atom is -0.496 e. The van der Waals surface area contributed by atoms with E-state index in [0.29, 0.717) is 12.0 Å². The number of benzene rings is 1. The molecule has 1 N–H and O–H groups in total. The Labute approximate surface area is 103 Å². The molecule has 1 aliphatic rings. The van der Waals surface area contributed by atoms with Crippen molar-refractivity contribution >= 4 is 0 Å². The molecule has 0 saturated carbocycles. The van der Waals surface area contributed by atoms with Crippen LogP contribution in [-0.2, 0) is 4.74 Å². The summed E-state index contributed by atoms with van der Waals surface area (Å²) in [6, 6.07) is 8.56. The van der Waals surface area contributed by atoms with Gasteiger partial charge in [0.2, 0.25) is 0 Å². The van der Waals surface area contributed by atoms with Crippen LogP contribution < -0.4 is 10.1 Å². The summed E-state index contributed by atoms with van der Waals surface area (Å²) >= 11 is 0. The SMILES string of the molecule is COc1ccccc1C1CNC(C)C(C)CO1. The smallest absolute Gasteiger partial charge is 0.124 e. The van der Waals surface area contributed by atoms with Crippen molar-refractivity contribution in [2.45, 2.75) is 26.0 Å². The van der Waals surface area contributed by atoms with Gasteiger partial charge in [-0.3, -0.25) is 0 Å². The van der Waals surface area contributed by atoms with Crippen molar-refractivity contribution in [3.63, 3.8) is 0 Å². The lowest BCUT2D eigenvalue weighted by atomic mass is 10.1. The van der Waals surface area contributed by atoms with Gasteiger partial charge >= 0.3 is 0 Å². The van der Waals surface area contributed by atoms with E-state index in [2.05, 4.69) is 25.2 Å². The van der Waals surface area contributed by atoms with Crippen LogP contribution in [0.4, 0.5) is 0 Å². The third-order valence-corrected chi connectivity index (χ3v) is 3.52. The van der Waals surface area contributed by atoms with E-state index in [1.807, 2.05) is 18.2 Å². The van der Waals surface area contributed by atoms with Crippen molar-refractivity contribution in [2.75, 3.05) is 20.3 Å². The van der Waals surface area contributed by atoms with Gasteiger partial charge in [-0.2, -0.15) is 0 Å². The zero-order chi connectivity index (χ0) is 12.3. The van der Waals surface area contributed by atoms with Gasteiger partial charge in [-0.05, 0) is 18.9 Å². The fourth-order valence-corrected chi connectivity index (χ4v) is 2.10. The monoisotopic (exact) mass is 235 g/mol. The molecule has 0 aliphatic carbocycles. The van der Waals surface area contributed by atoms with Gasteiger partial charge in [-0.15, -0.1) is 0 Å². The average molecular weight is 235 g/mol. The lowest BCUT2D eigenvalue weighted by molar-refractivity contribution is 0.0481. The molecule has 3 heteroatoms. The van der Waals surface area contributed by atoms with Crippen LogP contribution in [0.2, 0.25) is 0 Å². The van der Waals surface area contributed by atoms with E-state index < -0.39 is 0 Å². The Morgan fingerprint density at radius 2 is 2.06 bits per heavy atom. The molecular weight excluding hydrogens is 214 g/mol. The molecule has 0 amide bonds. The minimum absolute atomic E-state index is 0.0820. The van der Waals surface area contributed by atoms with Gasteiger partial charge in [0, 0.05) is 18.2 Å². The molecular formula is C14H21NO2. The molecule has 1 saturated heterocycles. The molecule has 17 heavy (non-hydrogen) atoms. The van der Waals surface area contributed by atoms with Gasteiger partial charge in [-0.25, -0.2) is 0 Å². The molecule has 0 radical (unpaired) electrons. The quantitative estimate of drug-likeness (QED) is 0.853. The fourth-order valence-electron chi connectivity index (χ4n) is 2.10. The first-order valence-corrected chi connectivity index (χ1v) is 6.20. The molecule has 3 atom stereocenters. The fraction of sp³-hybridized carbons (Fsp3) is 0.571. The summed E-state index contributed by atoms with van der Waals surface area (Å²) in [5, 5.41) is 3.51. The van der Waals surface area contributed by atoms with Crippen LogP contribution in [0.3, 0.4) is 0 Å². The third kappa shape index (κ3) is 2.79. The Hall–Kier alpha value is -1.06. The Kier molecular flexibility index (Phi) is 4.02. The van der Waals surface area contributed by atoms with Gasteiger partial charge in [0.25, 0.3) is 0 Å². The molecule has 3 unspecified atom stereocenters. The molecule has 1 aliphatic heterocycles. The number of hydrogen-bond donors (Lipinski definition) is 1. The predicted octanol–water partition coefficient (Wildman–Crippen LogP) is 2.38. The van der Waals surface area contributed by atoms with E-state index in [1.165, 1.54) is 0 Å². The van der Waals surface area contributed by atoms with Crippen molar-refractivity contribution in [1.82, 2.24) is 5.32 Å². The van der Waals surface area contributed by atoms with Crippen LogP contribution in [0.5, 0.6) is 5.75 Å². The molecule has 0 spiro atoms. The van der Waals surface area contributed by atoms with Gasteiger partial charge < -0.3 is 14.8 Å². The Balaban J connectivity index is 2.16. The standard InChI is InChI=1S/C14H21NO2/c1-10-9-17-14(8-15-11(10)2)12-6-4-5-7-13(12)16-3/h4-7,10-11,14-15H,8-9H2,1-3H3. The second-order valence-corrected chi connectivity index (χ2v) is 4.74. The van der Waals surface area contributed by atoms with Gasteiger partial charge in [-0.1, -0.05) is 25.1 Å². The van der Waals surface area contributed by atoms with E-state index in [4.69, 9.17) is 9.47 Å². The summed E-state index contributed by atoms with van der Waals surface area (Å²) < 4.78 is 11.4. The van der Waals surface area contributed by atoms with Crippen LogP contribution in [0.15, 0.2) is 24.3 Å². The predicted molar refractivity (Wildman–Crippen MR) is 68.3 cm³/mol. The summed E-state index contributed by atoms with van der Waals surface area (Å²) in [5.41, 5.74) is 1.13. The number of rotatable bonds is 2. The van der Waals surface area contributed by atoms with Crippen LogP contribution in [-0.4, -0.2) is 26.3 Å². The highest BCUT2D eigenvalue weighted by molar-refractivity contribution is 5.35. The maximum absolute atomic E-state index is 5.97. The van der Waals surface area contributed by atoms with E-state index >= 15 is 0 Å². The van der Waals surface area contributed by atoms with Crippen molar-refractivity contribution < 1.29 is 9.47 Å². The van der Waals surface area contributed by atoms with Crippen LogP contribution >= 0.6 is 0 Å². The largest absolute Gasteiger partial charge is 0.496 e. The normalized spacial score (nSPS) is 29.7. The summed E-state index contributed by atoms with van der Waals surface area (Å²) in [5.74, 6) is 1.44. The van der Waals surface area contributed by atoms with Crippen molar-refractivity contribution in [1.29, 1.82) is 0 Å². The Bertz CT molecular complexity index is 355. The lowest BCUT2D eigenvalue weighted by Crippen LogP contribution is -2.32. The van der Waals surface area contributed by atoms with Crippen LogP contribution in [0.25, 0.3) is 0 Å². The summed E-state index contributed by atoms with van der Waals surface area (Å²) in [4.78, 5) is 0. The highest BCUT2D eigenvalue weighted by atomic mass is 16.5. The zero-order valence-corrected chi connectivity index (χ0v) is 10.8. The number of methoxy groups -OCH3 is 1. The molecule has 1 aromatic rings. The molecule has 0 bridgehead atoms. The molecule has 1 aromatic carbocycles. The maximum atomic E-state index is 5.97. The van der Waals surface area contributed by atoms with Gasteiger partial charge in [0.1, 0.15) is 5.75 Å². The maximum Gasteiger partial charge on any atom is 0.124 e. The molecule has 94 valence electrons. The summed E-state index contributed by atoms with van der Waals surface area (Å²) in [7, 11) is 1.70. The van der Waals surface area contributed by atoms with E-state index in [0.717, 1.165) is 24.5 Å². The minimum atomic E-state index is 0.0820. The topological polar surface area (TPSA) is 30.5 Å². The molecule has 3 nitrogen and oxygen atoms in total. The van der Waals surface area contributed by atoms with E-state index in [1.54, 1.807) is 7.11 Å². The van der Waals surface area contributed by atoms with Gasteiger partial charge in [0.15, 0.2) is 0 Å². The van der Waals surface area contributed by atoms with Gasteiger partial charge in [0.05, 0.1) is 19.8 Å². The second-order valence-electron chi connectivity index (χ2n) is 4.74. The molecule has 2 rings (SSSR count).